The maximum Gasteiger partial charge on any atom is 0.0923 e. The van der Waals surface area contributed by atoms with Gasteiger partial charge in [-0.15, -0.1) is 0 Å². The van der Waals surface area contributed by atoms with Crippen LogP contribution in [0.15, 0.2) is 48.8 Å². The molecule has 0 amide bonds. The predicted molar refractivity (Wildman–Crippen MR) is 68.7 cm³/mol. The number of hydrogen-bond acceptors (Lipinski definition) is 2. The van der Waals surface area contributed by atoms with E-state index in [4.69, 9.17) is 0 Å². The average molecular weight is 227 g/mol. The average Bonchev–Trinajstić information content (AvgIpc) is 2.33. The molecule has 0 radical (unpaired) electrons. The highest BCUT2D eigenvalue weighted by Gasteiger charge is 2.23. The van der Waals surface area contributed by atoms with Crippen LogP contribution in [0.5, 0.6) is 0 Å². The molecule has 0 bridgehead atoms. The van der Waals surface area contributed by atoms with Crippen LogP contribution in [0.25, 0.3) is 0 Å². The zero-order valence-corrected chi connectivity index (χ0v) is 10.2. The summed E-state index contributed by atoms with van der Waals surface area (Å²) >= 11 is 0. The van der Waals surface area contributed by atoms with E-state index in [9.17, 15) is 5.11 Å². The molecule has 1 heterocycles. The van der Waals surface area contributed by atoms with Crippen LogP contribution in [0.4, 0.5) is 0 Å². The number of hydrogen-bond donors (Lipinski definition) is 1. The number of aliphatic hydroxyl groups is 1. The Morgan fingerprint density at radius 2 is 1.88 bits per heavy atom. The normalized spacial score (nSPS) is 14.3. The zero-order chi connectivity index (χ0) is 12.3. The standard InChI is InChI=1S/C15H17NO/c1-12-5-7-13(8-6-12)10-15(2,17)14-4-3-9-16-11-14/h3-9,11,17H,10H2,1-2H3. The molecule has 1 aromatic heterocycles. The molecule has 2 heteroatoms. The molecule has 2 aromatic rings. The summed E-state index contributed by atoms with van der Waals surface area (Å²) in [5.41, 5.74) is 2.34. The van der Waals surface area contributed by atoms with Crippen LogP contribution in [-0.2, 0) is 12.0 Å². The van der Waals surface area contributed by atoms with E-state index in [1.165, 1.54) is 5.56 Å². The van der Waals surface area contributed by atoms with E-state index in [-0.39, 0.29) is 0 Å². The first-order chi connectivity index (χ1) is 8.08. The molecule has 0 saturated carbocycles. The third-order valence-corrected chi connectivity index (χ3v) is 2.95. The van der Waals surface area contributed by atoms with Crippen LogP contribution in [0.3, 0.4) is 0 Å². The van der Waals surface area contributed by atoms with Gasteiger partial charge in [-0.05, 0) is 25.5 Å². The van der Waals surface area contributed by atoms with Gasteiger partial charge in [0.25, 0.3) is 0 Å². The molecule has 0 aliphatic heterocycles. The van der Waals surface area contributed by atoms with Crippen molar-refractivity contribution in [2.24, 2.45) is 0 Å². The second kappa shape index (κ2) is 4.68. The Hall–Kier alpha value is -1.67. The van der Waals surface area contributed by atoms with Gasteiger partial charge >= 0.3 is 0 Å². The third-order valence-electron chi connectivity index (χ3n) is 2.95. The molecular weight excluding hydrogens is 210 g/mol. The number of nitrogens with zero attached hydrogens (tertiary/aromatic N) is 1. The van der Waals surface area contributed by atoms with E-state index < -0.39 is 5.60 Å². The quantitative estimate of drug-likeness (QED) is 0.874. The summed E-state index contributed by atoms with van der Waals surface area (Å²) in [5.74, 6) is 0. The molecule has 0 saturated heterocycles. The van der Waals surface area contributed by atoms with Gasteiger partial charge in [0, 0.05) is 24.4 Å². The molecule has 0 aliphatic rings. The van der Waals surface area contributed by atoms with Gasteiger partial charge in [0.2, 0.25) is 0 Å². The molecule has 1 atom stereocenters. The number of benzene rings is 1. The Kier molecular flexibility index (Phi) is 3.25. The number of rotatable bonds is 3. The Bertz CT molecular complexity index is 474. The summed E-state index contributed by atoms with van der Waals surface area (Å²) < 4.78 is 0. The van der Waals surface area contributed by atoms with Gasteiger partial charge in [-0.3, -0.25) is 4.98 Å². The zero-order valence-electron chi connectivity index (χ0n) is 10.2. The van der Waals surface area contributed by atoms with Crippen molar-refractivity contribution < 1.29 is 5.11 Å². The van der Waals surface area contributed by atoms with Gasteiger partial charge in [0.15, 0.2) is 0 Å². The minimum atomic E-state index is -0.872. The minimum Gasteiger partial charge on any atom is -0.385 e. The van der Waals surface area contributed by atoms with Crippen LogP contribution in [-0.4, -0.2) is 10.1 Å². The van der Waals surface area contributed by atoms with Crippen molar-refractivity contribution in [3.63, 3.8) is 0 Å². The summed E-state index contributed by atoms with van der Waals surface area (Å²) in [5, 5.41) is 10.5. The van der Waals surface area contributed by atoms with E-state index in [2.05, 4.69) is 36.2 Å². The van der Waals surface area contributed by atoms with E-state index in [1.807, 2.05) is 19.1 Å². The molecule has 0 aliphatic carbocycles. The molecule has 17 heavy (non-hydrogen) atoms. The van der Waals surface area contributed by atoms with E-state index >= 15 is 0 Å². The largest absolute Gasteiger partial charge is 0.385 e. The monoisotopic (exact) mass is 227 g/mol. The Morgan fingerprint density at radius 1 is 1.18 bits per heavy atom. The van der Waals surface area contributed by atoms with Gasteiger partial charge in [0.05, 0.1) is 5.60 Å². The van der Waals surface area contributed by atoms with Crippen molar-refractivity contribution in [2.75, 3.05) is 0 Å². The second-order valence-electron chi connectivity index (χ2n) is 4.68. The molecule has 2 rings (SSSR count). The Morgan fingerprint density at radius 3 is 2.47 bits per heavy atom. The Balaban J connectivity index is 2.20. The molecule has 1 unspecified atom stereocenters. The fourth-order valence-corrected chi connectivity index (χ4v) is 1.89. The highest BCUT2D eigenvalue weighted by atomic mass is 16.3. The lowest BCUT2D eigenvalue weighted by Crippen LogP contribution is -2.24. The third kappa shape index (κ3) is 2.92. The first-order valence-electron chi connectivity index (χ1n) is 5.76. The van der Waals surface area contributed by atoms with Crippen molar-refractivity contribution >= 4 is 0 Å². The highest BCUT2D eigenvalue weighted by Crippen LogP contribution is 2.24. The summed E-state index contributed by atoms with van der Waals surface area (Å²) in [7, 11) is 0. The van der Waals surface area contributed by atoms with Crippen LogP contribution in [0.1, 0.15) is 23.6 Å². The van der Waals surface area contributed by atoms with Crippen LogP contribution in [0.2, 0.25) is 0 Å². The SMILES string of the molecule is Cc1ccc(CC(C)(O)c2cccnc2)cc1. The predicted octanol–water partition coefficient (Wildman–Crippen LogP) is 2.84. The van der Waals surface area contributed by atoms with Gasteiger partial charge in [-0.25, -0.2) is 0 Å². The fourth-order valence-electron chi connectivity index (χ4n) is 1.89. The first kappa shape index (κ1) is 11.8. The molecule has 0 spiro atoms. The molecule has 1 aromatic carbocycles. The number of pyridine rings is 1. The van der Waals surface area contributed by atoms with Crippen LogP contribution >= 0.6 is 0 Å². The van der Waals surface area contributed by atoms with Crippen molar-refractivity contribution in [3.05, 3.63) is 65.5 Å². The summed E-state index contributed by atoms with van der Waals surface area (Å²) in [6, 6.07) is 12.0. The van der Waals surface area contributed by atoms with E-state index in [0.29, 0.717) is 6.42 Å². The maximum absolute atomic E-state index is 10.5. The van der Waals surface area contributed by atoms with Gasteiger partial charge in [-0.2, -0.15) is 0 Å². The Labute approximate surface area is 102 Å². The second-order valence-corrected chi connectivity index (χ2v) is 4.68. The number of aryl methyl sites for hydroxylation is 1. The van der Waals surface area contributed by atoms with E-state index in [1.54, 1.807) is 12.4 Å². The van der Waals surface area contributed by atoms with E-state index in [0.717, 1.165) is 11.1 Å². The first-order valence-corrected chi connectivity index (χ1v) is 5.76. The van der Waals surface area contributed by atoms with Gasteiger partial charge < -0.3 is 5.11 Å². The smallest absolute Gasteiger partial charge is 0.0923 e. The molecule has 2 nitrogen and oxygen atoms in total. The lowest BCUT2D eigenvalue weighted by molar-refractivity contribution is 0.0573. The van der Waals surface area contributed by atoms with Crippen molar-refractivity contribution in [3.8, 4) is 0 Å². The summed E-state index contributed by atoms with van der Waals surface area (Å²) in [4.78, 5) is 4.05. The molecule has 88 valence electrons. The maximum atomic E-state index is 10.5. The minimum absolute atomic E-state index is 0.596. The lowest BCUT2D eigenvalue weighted by atomic mass is 9.90. The van der Waals surface area contributed by atoms with Crippen LogP contribution < -0.4 is 0 Å². The summed E-state index contributed by atoms with van der Waals surface area (Å²) in [6.45, 7) is 3.88. The van der Waals surface area contributed by atoms with Crippen LogP contribution in [0, 0.1) is 6.92 Å². The van der Waals surface area contributed by atoms with Gasteiger partial charge in [0.1, 0.15) is 0 Å². The van der Waals surface area contributed by atoms with Crippen molar-refractivity contribution in [1.29, 1.82) is 0 Å². The lowest BCUT2D eigenvalue weighted by Gasteiger charge is -2.23. The topological polar surface area (TPSA) is 33.1 Å². The molecule has 1 N–H and O–H groups in total. The number of aromatic nitrogens is 1. The fraction of sp³-hybridized carbons (Fsp3) is 0.267. The molecular formula is C15H17NO. The van der Waals surface area contributed by atoms with Crippen molar-refractivity contribution in [1.82, 2.24) is 4.98 Å². The summed E-state index contributed by atoms with van der Waals surface area (Å²) in [6.07, 6.45) is 4.03. The molecule has 0 fully saturated rings. The highest BCUT2D eigenvalue weighted by molar-refractivity contribution is 5.26. The van der Waals surface area contributed by atoms with Crippen molar-refractivity contribution in [2.45, 2.75) is 25.9 Å². The van der Waals surface area contributed by atoms with Gasteiger partial charge in [-0.1, -0.05) is 35.9 Å².